The third-order valence-corrected chi connectivity index (χ3v) is 4.70. The zero-order chi connectivity index (χ0) is 19.4. The first-order valence-electron chi connectivity index (χ1n) is 7.42. The van der Waals surface area contributed by atoms with Gasteiger partial charge in [0.05, 0.1) is 17.9 Å². The molecule has 138 valence electrons. The van der Waals surface area contributed by atoms with Crippen molar-refractivity contribution < 1.29 is 34.4 Å². The van der Waals surface area contributed by atoms with E-state index in [1.165, 1.54) is 18.2 Å². The van der Waals surface area contributed by atoms with E-state index in [1.54, 1.807) is 13.0 Å². The highest BCUT2D eigenvalue weighted by atomic mass is 32.2. The first kappa shape index (κ1) is 19.7. The average molecular weight is 397 g/mol. The van der Waals surface area contributed by atoms with E-state index in [-0.39, 0.29) is 20.7 Å². The summed E-state index contributed by atoms with van der Waals surface area (Å²) in [7, 11) is 0. The molecule has 10 heteroatoms. The predicted molar refractivity (Wildman–Crippen MR) is 98.0 cm³/mol. The number of hydrogen-bond acceptors (Lipinski definition) is 7. The topological polar surface area (TPSA) is 124 Å². The summed E-state index contributed by atoms with van der Waals surface area (Å²) >= 11 is 5.94. The fourth-order valence-electron chi connectivity index (χ4n) is 2.25. The summed E-state index contributed by atoms with van der Waals surface area (Å²) in [6, 6.07) is 2.90. The van der Waals surface area contributed by atoms with E-state index in [2.05, 4.69) is 0 Å². The largest absolute Gasteiger partial charge is 0.504 e. The number of carbonyl (C=O) groups excluding carboxylic acids is 1. The van der Waals surface area contributed by atoms with Crippen molar-refractivity contribution in [1.29, 1.82) is 0 Å². The molecular formula is C16H15NO7S2. The van der Waals surface area contributed by atoms with Gasteiger partial charge in [0.2, 0.25) is 0 Å². The highest BCUT2D eigenvalue weighted by Gasteiger charge is 2.41. The van der Waals surface area contributed by atoms with Crippen molar-refractivity contribution in [3.63, 3.8) is 0 Å². The van der Waals surface area contributed by atoms with Crippen molar-refractivity contribution in [3.05, 3.63) is 28.7 Å². The van der Waals surface area contributed by atoms with Gasteiger partial charge in [-0.1, -0.05) is 30.0 Å². The molecule has 0 bridgehead atoms. The molecule has 0 saturated carbocycles. The van der Waals surface area contributed by atoms with Crippen LogP contribution in [0, 0.1) is 0 Å². The van der Waals surface area contributed by atoms with Gasteiger partial charge in [0.1, 0.15) is 10.4 Å². The van der Waals surface area contributed by atoms with Crippen LogP contribution in [0.2, 0.25) is 0 Å². The fraction of sp³-hybridized carbons (Fsp3) is 0.250. The van der Waals surface area contributed by atoms with Crippen molar-refractivity contribution in [2.24, 2.45) is 0 Å². The number of aliphatic carboxylic acids is 2. The number of benzene rings is 1. The van der Waals surface area contributed by atoms with Crippen LogP contribution in [0.4, 0.5) is 0 Å². The van der Waals surface area contributed by atoms with Crippen LogP contribution in [0.3, 0.4) is 0 Å². The maximum Gasteiger partial charge on any atom is 0.327 e. The van der Waals surface area contributed by atoms with Crippen LogP contribution in [0.15, 0.2) is 23.1 Å². The number of hydrogen-bond donors (Lipinski definition) is 3. The molecule has 3 N–H and O–H groups in total. The van der Waals surface area contributed by atoms with Gasteiger partial charge >= 0.3 is 11.9 Å². The van der Waals surface area contributed by atoms with E-state index >= 15 is 0 Å². The Hall–Kier alpha value is -2.59. The number of ether oxygens (including phenoxy) is 1. The second-order valence-corrected chi connectivity index (χ2v) is 6.84. The summed E-state index contributed by atoms with van der Waals surface area (Å²) in [5, 5.41) is 27.8. The number of nitrogens with zero attached hydrogens (tertiary/aromatic N) is 1. The van der Waals surface area contributed by atoms with Gasteiger partial charge in [0, 0.05) is 0 Å². The van der Waals surface area contributed by atoms with E-state index < -0.39 is 30.3 Å². The molecule has 1 atom stereocenters. The van der Waals surface area contributed by atoms with Gasteiger partial charge in [-0.05, 0) is 30.7 Å². The van der Waals surface area contributed by atoms with Crippen LogP contribution < -0.4 is 4.74 Å². The Bertz CT molecular complexity index is 806. The number of carboxylic acids is 2. The minimum absolute atomic E-state index is 0.0290. The first-order chi connectivity index (χ1) is 12.2. The number of amides is 1. The minimum Gasteiger partial charge on any atom is -0.504 e. The van der Waals surface area contributed by atoms with E-state index in [0.29, 0.717) is 12.2 Å². The van der Waals surface area contributed by atoms with Crippen LogP contribution in [0.5, 0.6) is 11.5 Å². The molecule has 1 amide bonds. The van der Waals surface area contributed by atoms with Crippen molar-refractivity contribution in [2.45, 2.75) is 19.4 Å². The molecule has 26 heavy (non-hydrogen) atoms. The van der Waals surface area contributed by atoms with Crippen LogP contribution in [0.25, 0.3) is 6.08 Å². The first-order valence-corrected chi connectivity index (χ1v) is 8.64. The summed E-state index contributed by atoms with van der Waals surface area (Å²) in [6.07, 6.45) is 0.712. The van der Waals surface area contributed by atoms with Gasteiger partial charge in [-0.3, -0.25) is 14.5 Å². The molecule has 1 aliphatic rings. The zero-order valence-corrected chi connectivity index (χ0v) is 15.2. The standard InChI is InChI=1S/C16H15NO7S2/c1-2-24-11-5-8(3-4-10(11)18)6-12-14(21)17(16(25)26-12)9(15(22)23)7-13(19)20/h3-6,9,18H,2,7H2,1H3,(H,19,20)(H,22,23)/b12-6+. The smallest absolute Gasteiger partial charge is 0.327 e. The summed E-state index contributed by atoms with van der Waals surface area (Å²) in [6.45, 7) is 2.10. The quantitative estimate of drug-likeness (QED) is 0.467. The third kappa shape index (κ3) is 4.33. The van der Waals surface area contributed by atoms with E-state index in [0.717, 1.165) is 16.7 Å². The second kappa shape index (κ2) is 8.19. The van der Waals surface area contributed by atoms with Gasteiger partial charge in [-0.2, -0.15) is 0 Å². The SMILES string of the molecule is CCOc1cc(/C=C2/SC(=S)N(C(CC(=O)O)C(=O)O)C2=O)ccc1O. The monoisotopic (exact) mass is 397 g/mol. The molecule has 2 rings (SSSR count). The summed E-state index contributed by atoms with van der Waals surface area (Å²) in [5.41, 5.74) is 0.539. The summed E-state index contributed by atoms with van der Waals surface area (Å²) in [4.78, 5) is 35.7. The van der Waals surface area contributed by atoms with Crippen molar-refractivity contribution in [1.82, 2.24) is 4.90 Å². The Labute approximate surface area is 158 Å². The number of thiocarbonyl (C=S) groups is 1. The maximum absolute atomic E-state index is 12.5. The molecule has 1 saturated heterocycles. The molecule has 1 fully saturated rings. The van der Waals surface area contributed by atoms with Gasteiger partial charge in [0.15, 0.2) is 11.5 Å². The number of thioether (sulfide) groups is 1. The van der Waals surface area contributed by atoms with Gasteiger partial charge in [-0.15, -0.1) is 0 Å². The number of phenolic OH excluding ortho intramolecular Hbond substituents is 1. The lowest BCUT2D eigenvalue weighted by molar-refractivity contribution is -0.150. The number of rotatable bonds is 7. The van der Waals surface area contributed by atoms with Crippen LogP contribution in [-0.2, 0) is 14.4 Å². The van der Waals surface area contributed by atoms with E-state index in [1.807, 2.05) is 0 Å². The molecule has 1 aliphatic heterocycles. The lowest BCUT2D eigenvalue weighted by Gasteiger charge is -2.21. The van der Waals surface area contributed by atoms with Gasteiger partial charge in [0.25, 0.3) is 5.91 Å². The predicted octanol–water partition coefficient (Wildman–Crippen LogP) is 1.92. The van der Waals surface area contributed by atoms with Crippen LogP contribution >= 0.6 is 24.0 Å². The zero-order valence-electron chi connectivity index (χ0n) is 13.5. The molecule has 1 heterocycles. The average Bonchev–Trinajstić information content (AvgIpc) is 2.82. The van der Waals surface area contributed by atoms with Crippen LogP contribution in [-0.4, -0.2) is 55.0 Å². The Balaban J connectivity index is 2.33. The molecule has 0 aromatic heterocycles. The molecule has 0 radical (unpaired) electrons. The normalized spacial score (nSPS) is 16.8. The fourth-order valence-corrected chi connectivity index (χ4v) is 3.60. The lowest BCUT2D eigenvalue weighted by atomic mass is 10.1. The van der Waals surface area contributed by atoms with E-state index in [4.69, 9.17) is 22.1 Å². The molecule has 0 spiro atoms. The van der Waals surface area contributed by atoms with Crippen LogP contribution in [0.1, 0.15) is 18.9 Å². The van der Waals surface area contributed by atoms with Crippen molar-refractivity contribution in [3.8, 4) is 11.5 Å². The van der Waals surface area contributed by atoms with E-state index in [9.17, 15) is 24.6 Å². The highest BCUT2D eigenvalue weighted by Crippen LogP contribution is 2.36. The number of carbonyl (C=O) groups is 3. The highest BCUT2D eigenvalue weighted by molar-refractivity contribution is 8.26. The second-order valence-electron chi connectivity index (χ2n) is 5.16. The molecule has 1 unspecified atom stereocenters. The molecule has 0 aliphatic carbocycles. The lowest BCUT2D eigenvalue weighted by Crippen LogP contribution is -2.45. The van der Waals surface area contributed by atoms with Crippen molar-refractivity contribution in [2.75, 3.05) is 6.61 Å². The molecule has 1 aromatic rings. The number of phenols is 1. The molecular weight excluding hydrogens is 382 g/mol. The summed E-state index contributed by atoms with van der Waals surface area (Å²) < 4.78 is 5.25. The molecule has 1 aromatic carbocycles. The Morgan fingerprint density at radius 2 is 2.08 bits per heavy atom. The maximum atomic E-state index is 12.5. The van der Waals surface area contributed by atoms with Crippen molar-refractivity contribution >= 4 is 52.2 Å². The van der Waals surface area contributed by atoms with Gasteiger partial charge in [-0.25, -0.2) is 4.79 Å². The Morgan fingerprint density at radius 3 is 2.65 bits per heavy atom. The third-order valence-electron chi connectivity index (χ3n) is 3.37. The Morgan fingerprint density at radius 1 is 1.38 bits per heavy atom. The minimum atomic E-state index is -1.58. The molecule has 8 nitrogen and oxygen atoms in total. The van der Waals surface area contributed by atoms with Gasteiger partial charge < -0.3 is 20.1 Å². The summed E-state index contributed by atoms with van der Waals surface area (Å²) in [5.74, 6) is -3.29. The Kier molecular flexibility index (Phi) is 6.22. The number of carboxylic acid groups (broad SMARTS) is 2. The number of aromatic hydroxyl groups is 1.